The van der Waals surface area contributed by atoms with Crippen LogP contribution < -0.4 is 0 Å². The molecule has 0 aromatic heterocycles. The largest absolute Gasteiger partial charge is 0.147 e. The molecule has 0 heterocycles. The molecular formula is C8H16S2. The molecule has 0 aliphatic rings. The Morgan fingerprint density at radius 2 is 1.90 bits per heavy atom. The van der Waals surface area contributed by atoms with E-state index < -0.39 is 0 Å². The Morgan fingerprint density at radius 1 is 1.30 bits per heavy atom. The highest BCUT2D eigenvalue weighted by molar-refractivity contribution is 8.16. The lowest BCUT2D eigenvalue weighted by atomic mass is 10.3. The first-order chi connectivity index (χ1) is 4.85. The van der Waals surface area contributed by atoms with Crippen molar-refractivity contribution < 1.29 is 0 Å². The minimum atomic E-state index is 0.659. The number of allylic oxidation sites excluding steroid dienone is 1. The van der Waals surface area contributed by atoms with Crippen molar-refractivity contribution in [2.24, 2.45) is 0 Å². The van der Waals surface area contributed by atoms with Crippen LogP contribution in [0.15, 0.2) is 12.2 Å². The number of hydrogen-bond donors (Lipinski definition) is 0. The van der Waals surface area contributed by atoms with Crippen LogP contribution in [0.4, 0.5) is 0 Å². The van der Waals surface area contributed by atoms with Crippen LogP contribution in [0.5, 0.6) is 0 Å². The summed E-state index contributed by atoms with van der Waals surface area (Å²) in [5, 5.41) is 0. The molecule has 0 aromatic carbocycles. The molecule has 10 heavy (non-hydrogen) atoms. The molecule has 0 unspecified atom stereocenters. The van der Waals surface area contributed by atoms with E-state index in [1.807, 2.05) is 23.5 Å². The first kappa shape index (κ1) is 10.4. The molecule has 0 amide bonds. The molecule has 0 nitrogen and oxygen atoms in total. The van der Waals surface area contributed by atoms with Gasteiger partial charge in [0.25, 0.3) is 0 Å². The third kappa shape index (κ3) is 5.24. The topological polar surface area (TPSA) is 0 Å². The Bertz CT molecular complexity index is 85.3. The van der Waals surface area contributed by atoms with Gasteiger partial charge in [-0.1, -0.05) is 25.5 Å². The van der Waals surface area contributed by atoms with Crippen molar-refractivity contribution in [1.29, 1.82) is 0 Å². The van der Waals surface area contributed by atoms with E-state index in [4.69, 9.17) is 0 Å². The van der Waals surface area contributed by atoms with Crippen molar-refractivity contribution in [2.45, 2.75) is 24.3 Å². The van der Waals surface area contributed by atoms with E-state index >= 15 is 0 Å². The van der Waals surface area contributed by atoms with Gasteiger partial charge in [-0.3, -0.25) is 0 Å². The number of unbranched alkanes of at least 4 members (excludes halogenated alkanes) is 1. The smallest absolute Gasteiger partial charge is 0.0676 e. The number of thioether (sulfide) groups is 2. The van der Waals surface area contributed by atoms with Gasteiger partial charge in [-0.25, -0.2) is 0 Å². The molecule has 0 aliphatic carbocycles. The standard InChI is InChI=1S/C8H16S2/c1-4-5-6-7-8(9-2)10-3/h6-8H,4-5H2,1-3H3. The average Bonchev–Trinajstić information content (AvgIpc) is 1.99. The van der Waals surface area contributed by atoms with Crippen LogP contribution in [-0.2, 0) is 0 Å². The molecule has 0 saturated heterocycles. The van der Waals surface area contributed by atoms with Crippen molar-refractivity contribution in [2.75, 3.05) is 12.5 Å². The predicted octanol–water partition coefficient (Wildman–Crippen LogP) is 3.39. The molecule has 0 spiro atoms. The van der Waals surface area contributed by atoms with Gasteiger partial charge in [-0.05, 0) is 18.9 Å². The van der Waals surface area contributed by atoms with E-state index in [-0.39, 0.29) is 0 Å². The maximum absolute atomic E-state index is 2.29. The summed E-state index contributed by atoms with van der Waals surface area (Å²) in [7, 11) is 0. The van der Waals surface area contributed by atoms with Crippen molar-refractivity contribution in [1.82, 2.24) is 0 Å². The van der Waals surface area contributed by atoms with E-state index in [0.29, 0.717) is 4.58 Å². The molecule has 0 atom stereocenters. The Labute approximate surface area is 72.9 Å². The van der Waals surface area contributed by atoms with Crippen molar-refractivity contribution in [3.05, 3.63) is 12.2 Å². The lowest BCUT2D eigenvalue weighted by molar-refractivity contribution is 0.957. The maximum Gasteiger partial charge on any atom is 0.0676 e. The van der Waals surface area contributed by atoms with Gasteiger partial charge in [0.05, 0.1) is 4.58 Å². The van der Waals surface area contributed by atoms with Gasteiger partial charge in [0.15, 0.2) is 0 Å². The van der Waals surface area contributed by atoms with E-state index in [1.54, 1.807) is 0 Å². The summed E-state index contributed by atoms with van der Waals surface area (Å²) in [6.07, 6.45) is 11.3. The summed E-state index contributed by atoms with van der Waals surface area (Å²) < 4.78 is 0.659. The van der Waals surface area contributed by atoms with Crippen LogP contribution in [0, 0.1) is 0 Å². The van der Waals surface area contributed by atoms with E-state index in [9.17, 15) is 0 Å². The van der Waals surface area contributed by atoms with Crippen LogP contribution in [-0.4, -0.2) is 17.1 Å². The SMILES string of the molecule is CCCC=CC(SC)SC. The third-order valence-corrected chi connectivity index (χ3v) is 3.61. The summed E-state index contributed by atoms with van der Waals surface area (Å²) in [5.74, 6) is 0. The van der Waals surface area contributed by atoms with Gasteiger partial charge in [-0.2, -0.15) is 0 Å². The van der Waals surface area contributed by atoms with E-state index in [0.717, 1.165) is 0 Å². The van der Waals surface area contributed by atoms with Crippen LogP contribution in [0.25, 0.3) is 0 Å². The fourth-order valence-electron chi connectivity index (χ4n) is 0.627. The lowest BCUT2D eigenvalue weighted by Crippen LogP contribution is -1.86. The van der Waals surface area contributed by atoms with Crippen LogP contribution in [0.2, 0.25) is 0 Å². The second-order valence-corrected chi connectivity index (χ2v) is 4.31. The molecule has 0 aliphatic heterocycles. The molecule has 0 N–H and O–H groups in total. The van der Waals surface area contributed by atoms with Gasteiger partial charge in [-0.15, -0.1) is 23.5 Å². The quantitative estimate of drug-likeness (QED) is 0.465. The molecule has 2 heteroatoms. The Morgan fingerprint density at radius 3 is 2.30 bits per heavy atom. The van der Waals surface area contributed by atoms with Gasteiger partial charge < -0.3 is 0 Å². The first-order valence-corrected chi connectivity index (χ1v) is 6.15. The minimum absolute atomic E-state index is 0.659. The summed E-state index contributed by atoms with van der Waals surface area (Å²) in [6, 6.07) is 0. The van der Waals surface area contributed by atoms with Crippen LogP contribution in [0.3, 0.4) is 0 Å². The first-order valence-electron chi connectivity index (χ1n) is 3.57. The van der Waals surface area contributed by atoms with Gasteiger partial charge in [0.2, 0.25) is 0 Å². The Hall–Kier alpha value is 0.440. The molecule has 0 bridgehead atoms. The Balaban J connectivity index is 3.40. The molecular weight excluding hydrogens is 160 g/mol. The maximum atomic E-state index is 2.29. The highest BCUT2D eigenvalue weighted by atomic mass is 32.2. The van der Waals surface area contributed by atoms with Crippen molar-refractivity contribution in [3.8, 4) is 0 Å². The van der Waals surface area contributed by atoms with Crippen molar-refractivity contribution >= 4 is 23.5 Å². The summed E-state index contributed by atoms with van der Waals surface area (Å²) >= 11 is 3.79. The predicted molar refractivity (Wildman–Crippen MR) is 54.9 cm³/mol. The molecule has 0 rings (SSSR count). The second kappa shape index (κ2) is 7.55. The summed E-state index contributed by atoms with van der Waals surface area (Å²) in [5.41, 5.74) is 0. The molecule has 0 aromatic rings. The molecule has 0 saturated carbocycles. The zero-order valence-electron chi connectivity index (χ0n) is 6.96. The number of rotatable bonds is 5. The summed E-state index contributed by atoms with van der Waals surface area (Å²) in [6.45, 7) is 2.21. The highest BCUT2D eigenvalue weighted by Gasteiger charge is 1.95. The zero-order valence-corrected chi connectivity index (χ0v) is 8.60. The van der Waals surface area contributed by atoms with Gasteiger partial charge in [0.1, 0.15) is 0 Å². The second-order valence-electron chi connectivity index (χ2n) is 2.06. The van der Waals surface area contributed by atoms with Gasteiger partial charge in [0, 0.05) is 0 Å². The van der Waals surface area contributed by atoms with E-state index in [2.05, 4.69) is 31.6 Å². The van der Waals surface area contributed by atoms with Gasteiger partial charge >= 0.3 is 0 Å². The summed E-state index contributed by atoms with van der Waals surface area (Å²) in [4.78, 5) is 0. The normalized spacial score (nSPS) is 11.6. The third-order valence-electron chi connectivity index (χ3n) is 1.21. The molecule has 0 radical (unpaired) electrons. The monoisotopic (exact) mass is 176 g/mol. The Kier molecular flexibility index (Phi) is 7.88. The van der Waals surface area contributed by atoms with Crippen LogP contribution in [0.1, 0.15) is 19.8 Å². The molecule has 0 fully saturated rings. The molecule has 60 valence electrons. The number of hydrogen-bond acceptors (Lipinski definition) is 2. The lowest BCUT2D eigenvalue weighted by Gasteiger charge is -2.03. The zero-order chi connectivity index (χ0) is 7.82. The van der Waals surface area contributed by atoms with E-state index in [1.165, 1.54) is 12.8 Å². The fourth-order valence-corrected chi connectivity index (χ4v) is 1.93. The average molecular weight is 176 g/mol. The fraction of sp³-hybridized carbons (Fsp3) is 0.750. The van der Waals surface area contributed by atoms with Crippen molar-refractivity contribution in [3.63, 3.8) is 0 Å². The van der Waals surface area contributed by atoms with Crippen LogP contribution >= 0.6 is 23.5 Å². The minimum Gasteiger partial charge on any atom is -0.147 e. The highest BCUT2D eigenvalue weighted by Crippen LogP contribution is 2.19.